The van der Waals surface area contributed by atoms with Gasteiger partial charge >= 0.3 is 11.0 Å². The maximum Gasteiger partial charge on any atom is 0.416 e. The number of hydrogen-bond donors (Lipinski definition) is 1. The van der Waals surface area contributed by atoms with Gasteiger partial charge in [0.15, 0.2) is 0 Å². The number of alkyl halides is 3. The van der Waals surface area contributed by atoms with Gasteiger partial charge < -0.3 is 9.73 Å². The van der Waals surface area contributed by atoms with Crippen molar-refractivity contribution < 1.29 is 32.0 Å². The van der Waals surface area contributed by atoms with Crippen LogP contribution in [0.5, 0.6) is 0 Å². The molecule has 1 saturated heterocycles. The fraction of sp³-hybridized carbons (Fsp3) is 0.214. The van der Waals surface area contributed by atoms with Gasteiger partial charge in [0, 0.05) is 5.69 Å². The van der Waals surface area contributed by atoms with Gasteiger partial charge in [0.25, 0.3) is 0 Å². The van der Waals surface area contributed by atoms with Crippen LogP contribution in [0, 0.1) is 12.8 Å². The van der Waals surface area contributed by atoms with E-state index < -0.39 is 51.4 Å². The molecule has 13 heteroatoms. The number of carbonyl (C=O) groups excluding carboxylic acids is 3. The number of anilines is 2. The minimum absolute atomic E-state index is 0.193. The zero-order valence-corrected chi connectivity index (χ0v) is 22.8. The van der Waals surface area contributed by atoms with Gasteiger partial charge in [-0.3, -0.25) is 23.7 Å². The smallest absolute Gasteiger partial charge is 0.416 e. The second-order valence-corrected chi connectivity index (χ2v) is 11.8. The SMILES string of the molecule is Cc1ccc(NC(=O)Cn2c3c(sc2=O)[C@H](c2ccco2)C2C(=O)N(c4cccc(C(F)(F)F)c4)C(=O)C2S3)cc1. The maximum absolute atomic E-state index is 13.7. The quantitative estimate of drug-likeness (QED) is 0.314. The van der Waals surface area contributed by atoms with E-state index in [1.165, 1.54) is 16.9 Å². The first-order valence-corrected chi connectivity index (χ1v) is 14.1. The molecule has 4 aromatic rings. The van der Waals surface area contributed by atoms with Crippen LogP contribution in [0.4, 0.5) is 24.5 Å². The van der Waals surface area contributed by atoms with Crippen LogP contribution < -0.4 is 15.1 Å². The molecule has 0 saturated carbocycles. The fourth-order valence-electron chi connectivity index (χ4n) is 5.09. The number of thiazole rings is 1. The molecule has 4 heterocycles. The van der Waals surface area contributed by atoms with Crippen molar-refractivity contribution in [2.45, 2.75) is 35.8 Å². The molecule has 0 aliphatic carbocycles. The lowest BCUT2D eigenvalue weighted by Gasteiger charge is -2.29. The minimum atomic E-state index is -4.67. The molecule has 210 valence electrons. The van der Waals surface area contributed by atoms with Crippen molar-refractivity contribution in [2.75, 3.05) is 10.2 Å². The normalized spacial score (nSPS) is 20.2. The minimum Gasteiger partial charge on any atom is -0.469 e. The van der Waals surface area contributed by atoms with Crippen molar-refractivity contribution in [3.8, 4) is 0 Å². The van der Waals surface area contributed by atoms with Gasteiger partial charge in [0.05, 0.1) is 39.3 Å². The van der Waals surface area contributed by atoms with Crippen LogP contribution in [0.1, 0.15) is 27.7 Å². The molecule has 3 amide bonds. The molecule has 0 bridgehead atoms. The number of nitrogens with one attached hydrogen (secondary N) is 1. The molecule has 2 unspecified atom stereocenters. The topological polar surface area (TPSA) is 102 Å². The Morgan fingerprint density at radius 2 is 1.78 bits per heavy atom. The van der Waals surface area contributed by atoms with E-state index in [9.17, 15) is 32.3 Å². The summed E-state index contributed by atoms with van der Waals surface area (Å²) >= 11 is 1.81. The van der Waals surface area contributed by atoms with Crippen LogP contribution in [-0.4, -0.2) is 27.5 Å². The molecule has 1 fully saturated rings. The predicted octanol–water partition coefficient (Wildman–Crippen LogP) is 5.26. The van der Waals surface area contributed by atoms with Gasteiger partial charge in [-0.25, -0.2) is 4.90 Å². The van der Waals surface area contributed by atoms with Gasteiger partial charge in [0.2, 0.25) is 17.7 Å². The van der Waals surface area contributed by atoms with Crippen LogP contribution in [-0.2, 0) is 27.1 Å². The van der Waals surface area contributed by atoms with E-state index in [0.717, 1.165) is 51.8 Å². The first-order chi connectivity index (χ1) is 19.5. The van der Waals surface area contributed by atoms with Gasteiger partial charge in [-0.2, -0.15) is 13.2 Å². The van der Waals surface area contributed by atoms with Gasteiger partial charge in [-0.05, 0) is 49.4 Å². The molecule has 2 aromatic heterocycles. The highest BCUT2D eigenvalue weighted by atomic mass is 32.2. The highest BCUT2D eigenvalue weighted by Crippen LogP contribution is 2.54. The van der Waals surface area contributed by atoms with E-state index in [1.807, 2.05) is 19.1 Å². The van der Waals surface area contributed by atoms with Crippen molar-refractivity contribution in [3.05, 3.63) is 98.4 Å². The largest absolute Gasteiger partial charge is 0.469 e. The summed E-state index contributed by atoms with van der Waals surface area (Å²) < 4.78 is 47.1. The zero-order chi connectivity index (χ0) is 29.1. The first-order valence-electron chi connectivity index (χ1n) is 12.4. The van der Waals surface area contributed by atoms with E-state index in [-0.39, 0.29) is 12.2 Å². The number of aryl methyl sites for hydroxylation is 1. The summed E-state index contributed by atoms with van der Waals surface area (Å²) in [5.41, 5.74) is 0.373. The Morgan fingerprint density at radius 3 is 2.46 bits per heavy atom. The van der Waals surface area contributed by atoms with E-state index in [2.05, 4.69) is 5.32 Å². The van der Waals surface area contributed by atoms with Crippen LogP contribution in [0.2, 0.25) is 0 Å². The Bertz CT molecular complexity index is 1730. The van der Waals surface area contributed by atoms with Crippen LogP contribution in [0.15, 0.2) is 81.2 Å². The highest BCUT2D eigenvalue weighted by Gasteiger charge is 2.57. The van der Waals surface area contributed by atoms with E-state index in [1.54, 1.807) is 24.3 Å². The second kappa shape index (κ2) is 10.1. The molecule has 3 atom stereocenters. The monoisotopic (exact) mass is 599 g/mol. The highest BCUT2D eigenvalue weighted by molar-refractivity contribution is 8.00. The number of thioether (sulfide) groups is 1. The number of fused-ring (bicyclic) bond motifs is 2. The molecule has 0 spiro atoms. The van der Waals surface area contributed by atoms with E-state index in [0.29, 0.717) is 21.4 Å². The van der Waals surface area contributed by atoms with Crippen molar-refractivity contribution in [1.82, 2.24) is 4.57 Å². The maximum atomic E-state index is 13.7. The van der Waals surface area contributed by atoms with Crippen molar-refractivity contribution in [2.24, 2.45) is 5.92 Å². The molecule has 2 aromatic carbocycles. The lowest BCUT2D eigenvalue weighted by Crippen LogP contribution is -2.32. The number of amides is 3. The van der Waals surface area contributed by atoms with Gasteiger partial charge in [-0.1, -0.05) is 46.9 Å². The van der Waals surface area contributed by atoms with Crippen LogP contribution in [0.3, 0.4) is 0 Å². The zero-order valence-electron chi connectivity index (χ0n) is 21.2. The third-order valence-corrected chi connectivity index (χ3v) is 9.57. The molecule has 2 aliphatic rings. The molecular weight excluding hydrogens is 579 g/mol. The first kappa shape index (κ1) is 27.1. The molecule has 8 nitrogen and oxygen atoms in total. The molecular formula is C28H20F3N3O5S2. The number of imide groups is 1. The average Bonchev–Trinajstić information content (AvgIpc) is 3.62. The summed E-state index contributed by atoms with van der Waals surface area (Å²) in [5, 5.41) is 2.03. The fourth-order valence-corrected chi connectivity index (χ4v) is 7.84. The number of benzene rings is 2. The average molecular weight is 600 g/mol. The molecule has 0 radical (unpaired) electrons. The number of halogens is 3. The standard InChI is InChI=1S/C28H20F3N3O5S2/c1-14-7-9-16(10-8-14)32-19(35)13-33-26-23(41-27(33)38)20(18-6-3-11-39-18)21-22(40-26)25(37)34(24(21)36)17-5-2-4-15(12-17)28(29,30)31/h2-12,20-22H,13H2,1H3,(H,32,35)/t20-,21?,22?/m1/s1. The summed E-state index contributed by atoms with van der Waals surface area (Å²) in [5.74, 6) is -3.42. The Kier molecular flexibility index (Phi) is 6.65. The number of carbonyl (C=O) groups is 3. The second-order valence-electron chi connectivity index (χ2n) is 9.66. The number of hydrogen-bond acceptors (Lipinski definition) is 7. The van der Waals surface area contributed by atoms with Crippen LogP contribution in [0.25, 0.3) is 0 Å². The third kappa shape index (κ3) is 4.78. The van der Waals surface area contributed by atoms with Crippen molar-refractivity contribution in [1.29, 1.82) is 0 Å². The molecule has 41 heavy (non-hydrogen) atoms. The van der Waals surface area contributed by atoms with Crippen molar-refractivity contribution in [3.63, 3.8) is 0 Å². The Morgan fingerprint density at radius 1 is 1.02 bits per heavy atom. The number of furan rings is 1. The summed E-state index contributed by atoms with van der Waals surface area (Å²) in [6.45, 7) is 1.57. The lowest BCUT2D eigenvalue weighted by molar-refractivity contribution is -0.137. The molecule has 2 aliphatic heterocycles. The summed E-state index contributed by atoms with van der Waals surface area (Å²) in [6, 6.07) is 14.4. The number of aromatic nitrogens is 1. The van der Waals surface area contributed by atoms with Gasteiger partial charge in [-0.15, -0.1) is 0 Å². The van der Waals surface area contributed by atoms with E-state index in [4.69, 9.17) is 4.42 Å². The number of rotatable bonds is 5. The Labute approximate surface area is 238 Å². The predicted molar refractivity (Wildman–Crippen MR) is 146 cm³/mol. The number of nitrogens with zero attached hydrogens (tertiary/aromatic N) is 2. The van der Waals surface area contributed by atoms with Gasteiger partial charge in [0.1, 0.15) is 17.6 Å². The third-order valence-electron chi connectivity index (χ3n) is 6.97. The Hall–Kier alpha value is -4.10. The van der Waals surface area contributed by atoms with E-state index >= 15 is 0 Å². The van der Waals surface area contributed by atoms with Crippen LogP contribution >= 0.6 is 23.1 Å². The molecule has 1 N–H and O–H groups in total. The summed E-state index contributed by atoms with van der Waals surface area (Å²) in [4.78, 5) is 54.2. The van der Waals surface area contributed by atoms with Crippen molar-refractivity contribution >= 4 is 52.2 Å². The Balaban J connectivity index is 1.38. The summed E-state index contributed by atoms with van der Waals surface area (Å²) in [7, 11) is 0. The summed E-state index contributed by atoms with van der Waals surface area (Å²) in [6.07, 6.45) is -3.27. The molecule has 6 rings (SSSR count). The lowest BCUT2D eigenvalue weighted by atomic mass is 9.87.